The molecule has 1 fully saturated rings. The highest BCUT2D eigenvalue weighted by Gasteiger charge is 2.34. The molecule has 0 aromatic carbocycles. The summed E-state index contributed by atoms with van der Waals surface area (Å²) in [4.78, 5) is 26.0. The molecule has 128 valence electrons. The number of esters is 1. The zero-order chi connectivity index (χ0) is 17.0. The van der Waals surface area contributed by atoms with Gasteiger partial charge in [0.05, 0.1) is 17.2 Å². The molecule has 23 heavy (non-hydrogen) atoms. The van der Waals surface area contributed by atoms with E-state index in [2.05, 4.69) is 9.59 Å². The lowest BCUT2D eigenvalue weighted by Crippen LogP contribution is -2.43. The highest BCUT2D eigenvalue weighted by Crippen LogP contribution is 2.18. The maximum Gasteiger partial charge on any atom is 0.352 e. The van der Waals surface area contributed by atoms with Crippen LogP contribution in [0.5, 0.6) is 0 Å². The molecule has 0 saturated carbocycles. The predicted molar refractivity (Wildman–Crippen MR) is 84.0 cm³/mol. The summed E-state index contributed by atoms with van der Waals surface area (Å²) in [6.45, 7) is 3.58. The Morgan fingerprint density at radius 3 is 2.70 bits per heavy atom. The molecule has 2 heterocycles. The predicted octanol–water partition coefficient (Wildman–Crippen LogP) is 0.293. The molecule has 8 nitrogen and oxygen atoms in total. The van der Waals surface area contributed by atoms with E-state index in [1.165, 1.54) is 4.90 Å². The van der Waals surface area contributed by atoms with Crippen molar-refractivity contribution in [2.75, 3.05) is 24.7 Å². The smallest absolute Gasteiger partial charge is 0.352 e. The number of ether oxygens (including phenoxy) is 1. The van der Waals surface area contributed by atoms with E-state index in [0.717, 1.165) is 11.5 Å². The summed E-state index contributed by atoms with van der Waals surface area (Å²) in [6.07, 6.45) is 0.977. The largest absolute Gasteiger partial charge is 0.451 e. The van der Waals surface area contributed by atoms with Crippen LogP contribution in [0.2, 0.25) is 0 Å². The molecule has 0 spiro atoms. The van der Waals surface area contributed by atoms with Crippen LogP contribution in [0, 0.1) is 0 Å². The van der Waals surface area contributed by atoms with E-state index in [9.17, 15) is 18.0 Å². The number of hydrogen-bond donors (Lipinski definition) is 0. The van der Waals surface area contributed by atoms with Crippen LogP contribution in [0.25, 0.3) is 0 Å². The lowest BCUT2D eigenvalue weighted by atomic mass is 10.2. The second-order valence-electron chi connectivity index (χ2n) is 5.22. The van der Waals surface area contributed by atoms with Gasteiger partial charge in [0.15, 0.2) is 21.3 Å². The molecule has 1 saturated heterocycles. The maximum atomic E-state index is 12.2. The van der Waals surface area contributed by atoms with Crippen LogP contribution in [0.3, 0.4) is 0 Å². The molecule has 2 rings (SSSR count). The number of likely N-dealkylation sites (N-methyl/N-ethyl adjacent to an activating group) is 1. The Hall–Kier alpha value is -1.55. The molecule has 1 aliphatic heterocycles. The summed E-state index contributed by atoms with van der Waals surface area (Å²) >= 11 is 0.933. The van der Waals surface area contributed by atoms with Gasteiger partial charge in [-0.3, -0.25) is 4.79 Å². The maximum absolute atomic E-state index is 12.2. The first kappa shape index (κ1) is 17.8. The van der Waals surface area contributed by atoms with Crippen molar-refractivity contribution in [2.24, 2.45) is 0 Å². The molecule has 0 radical (unpaired) electrons. The van der Waals surface area contributed by atoms with Gasteiger partial charge in [0.25, 0.3) is 5.91 Å². The van der Waals surface area contributed by atoms with Gasteiger partial charge in [0.1, 0.15) is 0 Å². The summed E-state index contributed by atoms with van der Waals surface area (Å²) in [7, 11) is -3.08. The van der Waals surface area contributed by atoms with Crippen LogP contribution in [-0.2, 0) is 25.8 Å². The van der Waals surface area contributed by atoms with Gasteiger partial charge in [-0.05, 0) is 31.3 Å². The molecule has 10 heteroatoms. The lowest BCUT2D eigenvalue weighted by molar-refractivity contribution is -0.136. The topological polar surface area (TPSA) is 107 Å². The third kappa shape index (κ3) is 4.25. The number of amides is 1. The lowest BCUT2D eigenvalue weighted by Gasteiger charge is -2.26. The number of nitrogens with zero attached hydrogens (tertiary/aromatic N) is 3. The van der Waals surface area contributed by atoms with Gasteiger partial charge in [0.2, 0.25) is 0 Å². The Labute approximate surface area is 138 Å². The first-order valence-electron chi connectivity index (χ1n) is 7.36. The molecule has 1 unspecified atom stereocenters. The van der Waals surface area contributed by atoms with Crippen molar-refractivity contribution in [1.29, 1.82) is 0 Å². The Balaban J connectivity index is 1.94. The molecule has 1 aliphatic rings. The Morgan fingerprint density at radius 1 is 1.39 bits per heavy atom. The van der Waals surface area contributed by atoms with Crippen LogP contribution >= 0.6 is 11.5 Å². The van der Waals surface area contributed by atoms with Gasteiger partial charge >= 0.3 is 5.97 Å². The zero-order valence-electron chi connectivity index (χ0n) is 13.0. The second-order valence-corrected chi connectivity index (χ2v) is 8.20. The standard InChI is InChI=1S/C13H19N3O5S2/c1-3-10-12(22-15-14-10)13(18)21-7-11(17)16(4-2)9-5-6-23(19,20)8-9/h9H,3-8H2,1-2H3. The molecule has 1 aromatic rings. The highest BCUT2D eigenvalue weighted by atomic mass is 32.2. The monoisotopic (exact) mass is 361 g/mol. The summed E-state index contributed by atoms with van der Waals surface area (Å²) in [5.41, 5.74) is 0.543. The highest BCUT2D eigenvalue weighted by molar-refractivity contribution is 7.91. The quantitative estimate of drug-likeness (QED) is 0.670. The fourth-order valence-corrected chi connectivity index (χ4v) is 4.91. The van der Waals surface area contributed by atoms with E-state index in [0.29, 0.717) is 30.0 Å². The number of aryl methyl sites for hydroxylation is 1. The van der Waals surface area contributed by atoms with E-state index < -0.39 is 28.3 Å². The Bertz CT molecular complexity index is 686. The SMILES string of the molecule is CCc1nnsc1C(=O)OCC(=O)N(CC)C1CCS(=O)(=O)C1. The number of rotatable bonds is 6. The first-order valence-corrected chi connectivity index (χ1v) is 9.95. The number of aromatic nitrogens is 2. The van der Waals surface area contributed by atoms with E-state index in [4.69, 9.17) is 4.74 Å². The minimum atomic E-state index is -3.08. The van der Waals surface area contributed by atoms with Crippen molar-refractivity contribution in [2.45, 2.75) is 32.7 Å². The van der Waals surface area contributed by atoms with Crippen LogP contribution in [0.15, 0.2) is 0 Å². The molecule has 0 aliphatic carbocycles. The third-order valence-corrected chi connectivity index (χ3v) is 6.21. The number of sulfone groups is 1. The first-order chi connectivity index (χ1) is 10.9. The van der Waals surface area contributed by atoms with E-state index >= 15 is 0 Å². The molecular formula is C13H19N3O5S2. The average Bonchev–Trinajstić information content (AvgIpc) is 3.11. The van der Waals surface area contributed by atoms with Crippen LogP contribution < -0.4 is 0 Å². The number of hydrogen-bond acceptors (Lipinski definition) is 8. The van der Waals surface area contributed by atoms with Gasteiger partial charge in [0, 0.05) is 12.6 Å². The van der Waals surface area contributed by atoms with Crippen molar-refractivity contribution < 1.29 is 22.7 Å². The average molecular weight is 361 g/mol. The van der Waals surface area contributed by atoms with Crippen LogP contribution in [0.1, 0.15) is 35.6 Å². The van der Waals surface area contributed by atoms with Crippen molar-refractivity contribution >= 4 is 33.2 Å². The van der Waals surface area contributed by atoms with Gasteiger partial charge < -0.3 is 9.64 Å². The molecule has 1 amide bonds. The van der Waals surface area contributed by atoms with Gasteiger partial charge in [-0.25, -0.2) is 13.2 Å². The van der Waals surface area contributed by atoms with E-state index in [1.54, 1.807) is 6.92 Å². The number of carbonyl (C=O) groups is 2. The summed E-state index contributed by atoms with van der Waals surface area (Å²) < 4.78 is 31.8. The van der Waals surface area contributed by atoms with Crippen molar-refractivity contribution in [1.82, 2.24) is 14.5 Å². The summed E-state index contributed by atoms with van der Waals surface area (Å²) in [6, 6.07) is -0.340. The van der Waals surface area contributed by atoms with Gasteiger partial charge in [-0.2, -0.15) is 0 Å². The zero-order valence-corrected chi connectivity index (χ0v) is 14.7. The number of carbonyl (C=O) groups excluding carboxylic acids is 2. The minimum absolute atomic E-state index is 0.0285. The van der Waals surface area contributed by atoms with Crippen molar-refractivity contribution in [3.63, 3.8) is 0 Å². The van der Waals surface area contributed by atoms with Crippen LogP contribution in [-0.4, -0.2) is 65.5 Å². The minimum Gasteiger partial charge on any atom is -0.451 e. The summed E-state index contributed by atoms with van der Waals surface area (Å²) in [5, 5.41) is 3.82. The molecule has 0 bridgehead atoms. The Morgan fingerprint density at radius 2 is 2.13 bits per heavy atom. The second kappa shape index (κ2) is 7.35. The normalized spacial score (nSPS) is 19.5. The van der Waals surface area contributed by atoms with Crippen LogP contribution in [0.4, 0.5) is 0 Å². The Kier molecular flexibility index (Phi) is 5.69. The fraction of sp³-hybridized carbons (Fsp3) is 0.692. The van der Waals surface area contributed by atoms with Gasteiger partial charge in [-0.15, -0.1) is 5.10 Å². The van der Waals surface area contributed by atoms with E-state index in [1.807, 2.05) is 6.92 Å². The van der Waals surface area contributed by atoms with Crippen molar-refractivity contribution in [3.8, 4) is 0 Å². The fourth-order valence-electron chi connectivity index (χ4n) is 2.53. The third-order valence-electron chi connectivity index (χ3n) is 3.71. The molecule has 0 N–H and O–H groups in total. The molecular weight excluding hydrogens is 342 g/mol. The summed E-state index contributed by atoms with van der Waals surface area (Å²) in [5.74, 6) is -0.953. The van der Waals surface area contributed by atoms with E-state index in [-0.39, 0.29) is 17.5 Å². The van der Waals surface area contributed by atoms with Gasteiger partial charge in [-0.1, -0.05) is 11.4 Å². The molecule has 1 aromatic heterocycles. The van der Waals surface area contributed by atoms with Crippen molar-refractivity contribution in [3.05, 3.63) is 10.6 Å². The molecule has 1 atom stereocenters.